The minimum Gasteiger partial charge on any atom is -0.360 e. The number of halogens is 2. The molecule has 1 fully saturated rings. The van der Waals surface area contributed by atoms with Gasteiger partial charge in [0.2, 0.25) is 10.0 Å². The van der Waals surface area contributed by atoms with Crippen molar-refractivity contribution in [2.45, 2.75) is 31.0 Å². The number of carbonyl (C=O) groups excluding carboxylic acids is 2. The maximum Gasteiger partial charge on any atom is 0.309 e. The summed E-state index contributed by atoms with van der Waals surface area (Å²) in [6, 6.07) is 9.28. The number of benzene rings is 2. The van der Waals surface area contributed by atoms with Crippen LogP contribution < -0.4 is 10.6 Å². The van der Waals surface area contributed by atoms with Gasteiger partial charge in [-0.3, -0.25) is 9.59 Å². The summed E-state index contributed by atoms with van der Waals surface area (Å²) in [7, 11) is -4.02. The lowest BCUT2D eigenvalue weighted by atomic mass is 10.2. The second-order valence-electron chi connectivity index (χ2n) is 7.19. The van der Waals surface area contributed by atoms with Crippen molar-refractivity contribution in [1.29, 1.82) is 0 Å². The molecule has 0 saturated carbocycles. The minimum absolute atomic E-state index is 0.0964. The predicted molar refractivity (Wildman–Crippen MR) is 111 cm³/mol. The molecule has 1 saturated heterocycles. The van der Waals surface area contributed by atoms with Crippen molar-refractivity contribution >= 4 is 21.8 Å². The van der Waals surface area contributed by atoms with Gasteiger partial charge in [-0.25, -0.2) is 17.2 Å². The second-order valence-corrected chi connectivity index (χ2v) is 9.08. The summed E-state index contributed by atoms with van der Waals surface area (Å²) in [4.78, 5) is 24.0. The first-order valence-corrected chi connectivity index (χ1v) is 11.3. The van der Waals surface area contributed by atoms with Gasteiger partial charge in [-0.15, -0.1) is 0 Å². The van der Waals surface area contributed by atoms with Crippen molar-refractivity contribution in [2.24, 2.45) is 0 Å². The number of aryl methyl sites for hydroxylation is 1. The van der Waals surface area contributed by atoms with Gasteiger partial charge in [0, 0.05) is 18.7 Å². The van der Waals surface area contributed by atoms with E-state index in [4.69, 9.17) is 4.74 Å². The van der Waals surface area contributed by atoms with Crippen LogP contribution >= 0.6 is 0 Å². The quantitative estimate of drug-likeness (QED) is 0.626. The van der Waals surface area contributed by atoms with E-state index in [0.29, 0.717) is 6.42 Å². The summed E-state index contributed by atoms with van der Waals surface area (Å²) in [5.41, 5.74) is 0.400. The molecule has 0 aliphatic carbocycles. The van der Waals surface area contributed by atoms with Gasteiger partial charge >= 0.3 is 11.8 Å². The SMILES string of the molecule is Cc1cc(S(=O)(=O)N2CCCO[C@@H]2CNC(=O)C(=O)NCc2ccccc2F)ccc1F. The molecule has 2 amide bonds. The van der Waals surface area contributed by atoms with Crippen LogP contribution in [0.25, 0.3) is 0 Å². The Morgan fingerprint density at radius 2 is 1.81 bits per heavy atom. The van der Waals surface area contributed by atoms with Crippen molar-refractivity contribution in [3.05, 3.63) is 65.2 Å². The van der Waals surface area contributed by atoms with E-state index in [1.165, 1.54) is 31.2 Å². The summed E-state index contributed by atoms with van der Waals surface area (Å²) in [5.74, 6) is -3.04. The Kier molecular flexibility index (Phi) is 7.54. The van der Waals surface area contributed by atoms with E-state index in [2.05, 4.69) is 10.6 Å². The highest BCUT2D eigenvalue weighted by Crippen LogP contribution is 2.23. The molecule has 2 aromatic rings. The number of carbonyl (C=O) groups is 2. The zero-order chi connectivity index (χ0) is 23.3. The summed E-state index contributed by atoms with van der Waals surface area (Å²) in [5, 5.41) is 4.65. The predicted octanol–water partition coefficient (Wildman–Crippen LogP) is 1.44. The number of ether oxygens (including phenoxy) is 1. The van der Waals surface area contributed by atoms with Gasteiger partial charge in [0.05, 0.1) is 18.0 Å². The van der Waals surface area contributed by atoms with Gasteiger partial charge in [0.15, 0.2) is 0 Å². The van der Waals surface area contributed by atoms with Crippen LogP contribution in [0.1, 0.15) is 17.5 Å². The van der Waals surface area contributed by atoms with E-state index in [0.717, 1.165) is 16.4 Å². The third kappa shape index (κ3) is 5.47. The van der Waals surface area contributed by atoms with Crippen molar-refractivity contribution in [3.8, 4) is 0 Å². The molecule has 1 atom stereocenters. The lowest BCUT2D eigenvalue weighted by Crippen LogP contribution is -2.53. The highest BCUT2D eigenvalue weighted by Gasteiger charge is 2.35. The molecule has 1 aliphatic heterocycles. The Labute approximate surface area is 184 Å². The third-order valence-corrected chi connectivity index (χ3v) is 6.82. The van der Waals surface area contributed by atoms with Crippen LogP contribution in [0, 0.1) is 18.6 Å². The van der Waals surface area contributed by atoms with Gasteiger partial charge in [0.25, 0.3) is 0 Å². The van der Waals surface area contributed by atoms with Crippen LogP contribution in [0.15, 0.2) is 47.4 Å². The smallest absolute Gasteiger partial charge is 0.309 e. The van der Waals surface area contributed by atoms with E-state index in [1.807, 2.05) is 0 Å². The second kappa shape index (κ2) is 10.2. The van der Waals surface area contributed by atoms with E-state index >= 15 is 0 Å². The first kappa shape index (κ1) is 23.8. The Hall–Kier alpha value is -2.89. The molecule has 3 rings (SSSR count). The molecular formula is C21H23F2N3O5S. The zero-order valence-electron chi connectivity index (χ0n) is 17.3. The summed E-state index contributed by atoms with van der Waals surface area (Å²) in [6.45, 7) is 1.42. The summed E-state index contributed by atoms with van der Waals surface area (Å²) >= 11 is 0. The summed E-state index contributed by atoms with van der Waals surface area (Å²) < 4.78 is 59.8. The average molecular weight is 467 g/mol. The molecule has 1 heterocycles. The molecule has 2 aromatic carbocycles. The van der Waals surface area contributed by atoms with Gasteiger partial charge < -0.3 is 15.4 Å². The Morgan fingerprint density at radius 1 is 1.09 bits per heavy atom. The van der Waals surface area contributed by atoms with E-state index < -0.39 is 39.7 Å². The maximum absolute atomic E-state index is 13.6. The van der Waals surface area contributed by atoms with Crippen molar-refractivity contribution in [2.75, 3.05) is 19.7 Å². The first-order valence-electron chi connectivity index (χ1n) is 9.89. The molecule has 32 heavy (non-hydrogen) atoms. The molecule has 172 valence electrons. The fraction of sp³-hybridized carbons (Fsp3) is 0.333. The first-order chi connectivity index (χ1) is 15.2. The molecular weight excluding hydrogens is 444 g/mol. The van der Waals surface area contributed by atoms with Crippen LogP contribution in [0.4, 0.5) is 8.78 Å². The number of hydrogen-bond acceptors (Lipinski definition) is 5. The lowest BCUT2D eigenvalue weighted by molar-refractivity contribution is -0.140. The largest absolute Gasteiger partial charge is 0.360 e. The van der Waals surface area contributed by atoms with Gasteiger partial charge in [-0.1, -0.05) is 18.2 Å². The molecule has 1 aliphatic rings. The average Bonchev–Trinajstić information content (AvgIpc) is 2.78. The topological polar surface area (TPSA) is 105 Å². The zero-order valence-corrected chi connectivity index (χ0v) is 18.1. The molecule has 0 unspecified atom stereocenters. The Balaban J connectivity index is 1.62. The highest BCUT2D eigenvalue weighted by molar-refractivity contribution is 7.89. The Bertz CT molecular complexity index is 1110. The number of hydrogen-bond donors (Lipinski definition) is 2. The third-order valence-electron chi connectivity index (χ3n) is 4.93. The number of nitrogens with one attached hydrogen (secondary N) is 2. The molecule has 2 N–H and O–H groups in total. The maximum atomic E-state index is 13.6. The molecule has 8 nitrogen and oxygen atoms in total. The molecule has 0 aromatic heterocycles. The van der Waals surface area contributed by atoms with Crippen molar-refractivity contribution in [1.82, 2.24) is 14.9 Å². The Morgan fingerprint density at radius 3 is 2.53 bits per heavy atom. The van der Waals surface area contributed by atoms with Gasteiger partial charge in [-0.2, -0.15) is 4.31 Å². The van der Waals surface area contributed by atoms with Crippen LogP contribution in [0.3, 0.4) is 0 Å². The molecule has 11 heteroatoms. The van der Waals surface area contributed by atoms with Gasteiger partial charge in [0.1, 0.15) is 17.9 Å². The standard InChI is InChI=1S/C21H23F2N3O5S/c1-14-11-16(7-8-17(14)22)32(29,30)26-9-4-10-31-19(26)13-25-21(28)20(27)24-12-15-5-2-3-6-18(15)23/h2-3,5-8,11,19H,4,9-10,12-13H2,1H3,(H,24,27)(H,25,28)/t19-/m1/s1. The normalized spacial score (nSPS) is 17.0. The van der Waals surface area contributed by atoms with E-state index in [1.54, 1.807) is 6.07 Å². The lowest BCUT2D eigenvalue weighted by Gasteiger charge is -2.34. The van der Waals surface area contributed by atoms with E-state index in [9.17, 15) is 26.8 Å². The monoisotopic (exact) mass is 467 g/mol. The minimum atomic E-state index is -4.02. The number of sulfonamides is 1. The molecule has 0 bridgehead atoms. The van der Waals surface area contributed by atoms with Crippen LogP contribution in [0.2, 0.25) is 0 Å². The van der Waals surface area contributed by atoms with Crippen molar-refractivity contribution in [3.63, 3.8) is 0 Å². The van der Waals surface area contributed by atoms with Crippen LogP contribution in [-0.4, -0.2) is 50.5 Å². The van der Waals surface area contributed by atoms with Crippen molar-refractivity contribution < 1.29 is 31.5 Å². The fourth-order valence-corrected chi connectivity index (χ4v) is 4.82. The molecule has 0 spiro atoms. The van der Waals surface area contributed by atoms with Gasteiger partial charge in [-0.05, 0) is 43.2 Å². The molecule has 0 radical (unpaired) electrons. The van der Waals surface area contributed by atoms with Crippen LogP contribution in [0.5, 0.6) is 0 Å². The number of amides is 2. The van der Waals surface area contributed by atoms with Crippen LogP contribution in [-0.2, 0) is 30.9 Å². The number of rotatable bonds is 6. The number of nitrogens with zero attached hydrogens (tertiary/aromatic N) is 1. The van der Waals surface area contributed by atoms with E-state index in [-0.39, 0.29) is 42.3 Å². The highest BCUT2D eigenvalue weighted by atomic mass is 32.2. The fourth-order valence-electron chi connectivity index (χ4n) is 3.17. The summed E-state index contributed by atoms with van der Waals surface area (Å²) in [6.07, 6.45) is -0.602.